The quantitative estimate of drug-likeness (QED) is 0.209. The van der Waals surface area contributed by atoms with Crippen molar-refractivity contribution in [2.75, 3.05) is 31.2 Å². The fraction of sp³-hybridized carbons (Fsp3) is 0.366. The zero-order valence-corrected chi connectivity index (χ0v) is 28.8. The predicted octanol–water partition coefficient (Wildman–Crippen LogP) is 5.70. The van der Waals surface area contributed by atoms with Gasteiger partial charge in [0.05, 0.1) is 25.5 Å². The fourth-order valence-electron chi connectivity index (χ4n) is 7.72. The Balaban J connectivity index is 1.10. The fourth-order valence-corrected chi connectivity index (χ4v) is 7.72. The van der Waals surface area contributed by atoms with Crippen LogP contribution >= 0.6 is 0 Å². The van der Waals surface area contributed by atoms with Crippen LogP contribution in [0.15, 0.2) is 103 Å². The number of nitrogens with one attached hydrogen (secondary N) is 2. The van der Waals surface area contributed by atoms with Crippen molar-refractivity contribution >= 4 is 17.5 Å². The van der Waals surface area contributed by atoms with E-state index in [1.54, 1.807) is 0 Å². The summed E-state index contributed by atoms with van der Waals surface area (Å²) in [5.74, 6) is 0.107. The third-order valence-corrected chi connectivity index (χ3v) is 10.7. The van der Waals surface area contributed by atoms with E-state index in [9.17, 15) is 14.7 Å². The number of ether oxygens (including phenoxy) is 2. The van der Waals surface area contributed by atoms with Gasteiger partial charge in [0.15, 0.2) is 6.29 Å². The van der Waals surface area contributed by atoms with Crippen molar-refractivity contribution in [3.05, 3.63) is 125 Å². The van der Waals surface area contributed by atoms with Crippen LogP contribution in [0, 0.1) is 5.92 Å². The monoisotopic (exact) mass is 674 g/mol. The van der Waals surface area contributed by atoms with E-state index in [1.165, 1.54) is 6.92 Å². The molecule has 7 rings (SSSR count). The van der Waals surface area contributed by atoms with E-state index in [1.807, 2.05) is 60.7 Å². The van der Waals surface area contributed by atoms with E-state index in [2.05, 4.69) is 69.8 Å². The highest BCUT2D eigenvalue weighted by Gasteiger charge is 2.51. The third-order valence-electron chi connectivity index (χ3n) is 10.7. The van der Waals surface area contributed by atoms with Crippen LogP contribution in [0.4, 0.5) is 5.69 Å². The molecule has 4 aromatic rings. The van der Waals surface area contributed by atoms with Crippen LogP contribution in [0.5, 0.6) is 0 Å². The molecule has 3 fully saturated rings. The number of piperidine rings is 1. The molecule has 50 heavy (non-hydrogen) atoms. The molecule has 4 atom stereocenters. The molecule has 3 N–H and O–H groups in total. The van der Waals surface area contributed by atoms with Gasteiger partial charge in [0.25, 0.3) is 0 Å². The SMILES string of the molecule is CC(=O)NCc1ccccc1-c1ccc([C@H]2O[C@@H](CN3CCC4(CC3)C(=O)NCN4c3ccccc3)[C@@H](C)[C@@H](c3ccc(CO)cc3)O2)cc1. The molecule has 3 aliphatic heterocycles. The van der Waals surface area contributed by atoms with Crippen molar-refractivity contribution in [2.45, 2.75) is 63.9 Å². The second-order valence-electron chi connectivity index (χ2n) is 13.8. The number of amides is 2. The molecule has 3 heterocycles. The summed E-state index contributed by atoms with van der Waals surface area (Å²) in [7, 11) is 0. The summed E-state index contributed by atoms with van der Waals surface area (Å²) in [5, 5.41) is 15.7. The highest BCUT2D eigenvalue weighted by molar-refractivity contribution is 5.93. The van der Waals surface area contributed by atoms with Crippen molar-refractivity contribution in [2.24, 2.45) is 5.92 Å². The van der Waals surface area contributed by atoms with Crippen molar-refractivity contribution in [1.29, 1.82) is 0 Å². The number of anilines is 1. The van der Waals surface area contributed by atoms with Gasteiger partial charge in [-0.25, -0.2) is 0 Å². The van der Waals surface area contributed by atoms with Gasteiger partial charge in [-0.2, -0.15) is 0 Å². The Hall–Kier alpha value is -4.54. The summed E-state index contributed by atoms with van der Waals surface area (Å²) in [6.45, 7) is 7.00. The second-order valence-corrected chi connectivity index (χ2v) is 13.8. The first kappa shape index (κ1) is 33.9. The Kier molecular flexibility index (Phi) is 10.0. The van der Waals surface area contributed by atoms with Gasteiger partial charge in [-0.05, 0) is 52.8 Å². The Morgan fingerprint density at radius 1 is 0.900 bits per heavy atom. The molecule has 3 aliphatic rings. The molecule has 1 spiro atoms. The van der Waals surface area contributed by atoms with Crippen molar-refractivity contribution in [3.8, 4) is 11.1 Å². The third kappa shape index (κ3) is 6.91. The maximum absolute atomic E-state index is 13.3. The molecular weight excluding hydrogens is 628 g/mol. The Morgan fingerprint density at radius 2 is 1.58 bits per heavy atom. The number of hydrogen-bond acceptors (Lipinski definition) is 7. The topological polar surface area (TPSA) is 103 Å². The van der Waals surface area contributed by atoms with Crippen LogP contribution in [-0.2, 0) is 32.2 Å². The number of rotatable bonds is 9. The Bertz CT molecular complexity index is 1770. The standard InChI is InChI=1S/C41H46N4O5/c1-28-37(25-44-22-20-41(21-23-44)40(48)43-27-45(41)35-9-4-3-5-10-35)49-39(50-38(28)32-14-12-30(26-46)13-15-32)33-18-16-31(17-19-33)36-11-7-6-8-34(36)24-42-29(2)47/h3-19,28,37-39,46H,20-27H2,1-2H3,(H,42,47)(H,43,48)/t28-,37+,38+,39+/m1/s1. The molecule has 4 aromatic carbocycles. The molecule has 9 nitrogen and oxygen atoms in total. The number of likely N-dealkylation sites (tertiary alicyclic amines) is 1. The van der Waals surface area contributed by atoms with Gasteiger partial charge in [-0.1, -0.05) is 97.9 Å². The summed E-state index contributed by atoms with van der Waals surface area (Å²) in [6, 6.07) is 34.6. The van der Waals surface area contributed by atoms with Gasteiger partial charge < -0.3 is 35.0 Å². The van der Waals surface area contributed by atoms with E-state index in [-0.39, 0.29) is 36.5 Å². The average Bonchev–Trinajstić information content (AvgIpc) is 3.47. The predicted molar refractivity (Wildman–Crippen MR) is 193 cm³/mol. The van der Waals surface area contributed by atoms with Crippen LogP contribution < -0.4 is 15.5 Å². The van der Waals surface area contributed by atoms with Crippen LogP contribution in [0.1, 0.15) is 61.3 Å². The van der Waals surface area contributed by atoms with E-state index in [4.69, 9.17) is 9.47 Å². The molecule has 2 amide bonds. The maximum Gasteiger partial charge on any atom is 0.247 e. The number of nitrogens with zero attached hydrogens (tertiary/aromatic N) is 2. The summed E-state index contributed by atoms with van der Waals surface area (Å²) >= 11 is 0. The lowest BCUT2D eigenvalue weighted by atomic mass is 9.84. The van der Waals surface area contributed by atoms with E-state index in [0.29, 0.717) is 13.2 Å². The Morgan fingerprint density at radius 3 is 2.28 bits per heavy atom. The lowest BCUT2D eigenvalue weighted by Gasteiger charge is -2.46. The summed E-state index contributed by atoms with van der Waals surface area (Å²) in [4.78, 5) is 29.5. The summed E-state index contributed by atoms with van der Waals surface area (Å²) < 4.78 is 13.5. The van der Waals surface area contributed by atoms with Crippen molar-refractivity contribution < 1.29 is 24.2 Å². The van der Waals surface area contributed by atoms with E-state index >= 15 is 0 Å². The number of carbonyl (C=O) groups excluding carboxylic acids is 2. The molecule has 0 unspecified atom stereocenters. The number of para-hydroxylation sites is 1. The average molecular weight is 675 g/mol. The zero-order chi connectivity index (χ0) is 34.7. The second kappa shape index (κ2) is 14.7. The van der Waals surface area contributed by atoms with Gasteiger partial charge in [-0.15, -0.1) is 0 Å². The number of hydrogen-bond donors (Lipinski definition) is 3. The number of aliphatic hydroxyl groups is 1. The van der Waals surface area contributed by atoms with E-state index < -0.39 is 11.8 Å². The largest absolute Gasteiger partial charge is 0.392 e. The van der Waals surface area contributed by atoms with Gasteiger partial charge in [-0.3, -0.25) is 9.59 Å². The lowest BCUT2D eigenvalue weighted by molar-refractivity contribution is -0.276. The number of aliphatic hydroxyl groups excluding tert-OH is 1. The molecule has 260 valence electrons. The van der Waals surface area contributed by atoms with Gasteiger partial charge >= 0.3 is 0 Å². The molecule has 0 aliphatic carbocycles. The highest BCUT2D eigenvalue weighted by Crippen LogP contribution is 2.43. The van der Waals surface area contributed by atoms with Crippen LogP contribution in [0.2, 0.25) is 0 Å². The molecule has 0 aromatic heterocycles. The Labute approximate surface area is 294 Å². The van der Waals surface area contributed by atoms with Gasteiger partial charge in [0.1, 0.15) is 5.54 Å². The van der Waals surface area contributed by atoms with Crippen LogP contribution in [0.25, 0.3) is 11.1 Å². The minimum atomic E-state index is -0.576. The first-order valence-corrected chi connectivity index (χ1v) is 17.6. The maximum atomic E-state index is 13.3. The summed E-state index contributed by atoms with van der Waals surface area (Å²) in [5.41, 5.74) is 6.54. The van der Waals surface area contributed by atoms with E-state index in [0.717, 1.165) is 71.5 Å². The number of benzene rings is 4. The van der Waals surface area contributed by atoms with Crippen molar-refractivity contribution in [3.63, 3.8) is 0 Å². The molecule has 0 radical (unpaired) electrons. The molecular formula is C41H46N4O5. The first-order chi connectivity index (χ1) is 24.3. The first-order valence-electron chi connectivity index (χ1n) is 17.6. The van der Waals surface area contributed by atoms with Crippen molar-refractivity contribution in [1.82, 2.24) is 15.5 Å². The number of carbonyl (C=O) groups is 2. The molecule has 0 bridgehead atoms. The summed E-state index contributed by atoms with van der Waals surface area (Å²) in [6.07, 6.45) is 0.575. The minimum absolute atomic E-state index is 0.00775. The smallest absolute Gasteiger partial charge is 0.247 e. The zero-order valence-electron chi connectivity index (χ0n) is 28.8. The molecule has 9 heteroatoms. The normalized spacial score (nSPS) is 23.5. The van der Waals surface area contributed by atoms with Gasteiger partial charge in [0, 0.05) is 50.3 Å². The molecule has 3 saturated heterocycles. The minimum Gasteiger partial charge on any atom is -0.392 e. The lowest BCUT2D eigenvalue weighted by Crippen LogP contribution is -2.57. The highest BCUT2D eigenvalue weighted by atomic mass is 16.7. The molecule has 0 saturated carbocycles. The van der Waals surface area contributed by atoms with Gasteiger partial charge in [0.2, 0.25) is 11.8 Å². The van der Waals surface area contributed by atoms with Crippen LogP contribution in [-0.4, -0.2) is 59.8 Å². The van der Waals surface area contributed by atoms with Crippen LogP contribution in [0.3, 0.4) is 0 Å².